The fourth-order valence-electron chi connectivity index (χ4n) is 4.98. The molecule has 1 aromatic heterocycles. The van der Waals surface area contributed by atoms with Crippen LogP contribution >= 0.6 is 11.6 Å². The molecule has 2 aromatic rings. The Bertz CT molecular complexity index is 1010. The van der Waals surface area contributed by atoms with Gasteiger partial charge in [0.2, 0.25) is 5.91 Å². The van der Waals surface area contributed by atoms with E-state index in [1.54, 1.807) is 0 Å². The van der Waals surface area contributed by atoms with E-state index in [4.69, 9.17) is 16.3 Å². The summed E-state index contributed by atoms with van der Waals surface area (Å²) >= 11 is 6.51. The minimum atomic E-state index is -0.394. The number of aryl methyl sites for hydroxylation is 1. The Hall–Kier alpha value is -2.09. The summed E-state index contributed by atoms with van der Waals surface area (Å²) in [6.07, 6.45) is 7.28. The van der Waals surface area contributed by atoms with Gasteiger partial charge in [0.1, 0.15) is 6.10 Å². The Morgan fingerprint density at radius 2 is 2.03 bits per heavy atom. The van der Waals surface area contributed by atoms with Gasteiger partial charge >= 0.3 is 0 Å². The first-order valence-electron chi connectivity index (χ1n) is 12.3. The summed E-state index contributed by atoms with van der Waals surface area (Å²) in [6, 6.07) is 6.57. The first kappa shape index (κ1) is 22.7. The van der Waals surface area contributed by atoms with Gasteiger partial charge in [-0.15, -0.1) is 0 Å². The van der Waals surface area contributed by atoms with Crippen molar-refractivity contribution >= 4 is 34.3 Å². The van der Waals surface area contributed by atoms with Crippen LogP contribution in [0.1, 0.15) is 44.1 Å². The summed E-state index contributed by atoms with van der Waals surface area (Å²) in [5.41, 5.74) is 2.15. The Labute approximate surface area is 200 Å². The number of likely N-dealkylation sites (tertiary alicyclic amines) is 1. The lowest BCUT2D eigenvalue weighted by Crippen LogP contribution is -2.49. The number of carbonyl (C=O) groups excluding carboxylic acids is 2. The number of hydrogen-bond acceptors (Lipinski definition) is 4. The number of morpholine rings is 1. The molecule has 7 nitrogen and oxygen atoms in total. The van der Waals surface area contributed by atoms with Gasteiger partial charge in [-0.1, -0.05) is 23.7 Å². The molecule has 2 amide bonds. The van der Waals surface area contributed by atoms with Crippen LogP contribution in [0.25, 0.3) is 10.9 Å². The van der Waals surface area contributed by atoms with Gasteiger partial charge in [0.25, 0.3) is 5.91 Å². The van der Waals surface area contributed by atoms with Crippen LogP contribution in [0.15, 0.2) is 24.4 Å². The summed E-state index contributed by atoms with van der Waals surface area (Å²) in [4.78, 5) is 29.5. The number of nitrogens with zero attached hydrogens (tertiary/aromatic N) is 3. The van der Waals surface area contributed by atoms with E-state index in [9.17, 15) is 9.59 Å². The second-order valence-corrected chi connectivity index (χ2v) is 9.88. The van der Waals surface area contributed by atoms with Crippen LogP contribution in [-0.2, 0) is 27.4 Å². The summed E-state index contributed by atoms with van der Waals surface area (Å²) in [5, 5.41) is 4.99. The van der Waals surface area contributed by atoms with Gasteiger partial charge in [0, 0.05) is 68.8 Å². The predicted molar refractivity (Wildman–Crippen MR) is 128 cm³/mol. The van der Waals surface area contributed by atoms with Gasteiger partial charge < -0.3 is 24.4 Å². The predicted octanol–water partition coefficient (Wildman–Crippen LogP) is 3.18. The lowest BCUT2D eigenvalue weighted by molar-refractivity contribution is -0.146. The molecule has 33 heavy (non-hydrogen) atoms. The lowest BCUT2D eigenvalue weighted by atomic mass is 10.1. The second-order valence-electron chi connectivity index (χ2n) is 9.47. The zero-order chi connectivity index (χ0) is 22.8. The number of halogens is 1. The highest BCUT2D eigenvalue weighted by Gasteiger charge is 2.36. The van der Waals surface area contributed by atoms with Crippen molar-refractivity contribution in [3.05, 3.63) is 35.0 Å². The highest BCUT2D eigenvalue weighted by Crippen LogP contribution is 2.32. The molecule has 1 N–H and O–H groups in total. The molecule has 5 rings (SSSR count). The molecule has 1 unspecified atom stereocenters. The Balaban J connectivity index is 1.27. The Morgan fingerprint density at radius 3 is 2.76 bits per heavy atom. The molecular weight excluding hydrogens is 440 g/mol. The fraction of sp³-hybridized carbons (Fsp3) is 0.600. The molecule has 2 saturated heterocycles. The molecule has 1 atom stereocenters. The lowest BCUT2D eigenvalue weighted by Gasteiger charge is -2.30. The molecular formula is C25H33ClN4O3. The number of amides is 2. The molecule has 1 saturated carbocycles. The number of fused-ring (bicyclic) bond motifs is 1. The zero-order valence-corrected chi connectivity index (χ0v) is 19.9. The molecule has 0 bridgehead atoms. The van der Waals surface area contributed by atoms with Crippen LogP contribution in [0.3, 0.4) is 0 Å². The van der Waals surface area contributed by atoms with Crippen molar-refractivity contribution in [3.63, 3.8) is 0 Å². The summed E-state index contributed by atoms with van der Waals surface area (Å²) in [6.45, 7) is 5.08. The van der Waals surface area contributed by atoms with Crippen LogP contribution in [0, 0.1) is 0 Å². The number of nitrogens with one attached hydrogen (secondary N) is 1. The Morgan fingerprint density at radius 1 is 1.21 bits per heavy atom. The SMILES string of the molecule is O=C(CCCn1cc(Cl)c2ccc(CN(C(=O)C3CNCCO3)C3CC3)cc21)N1CCCC1. The van der Waals surface area contributed by atoms with E-state index in [1.807, 2.05) is 22.1 Å². The number of aromatic nitrogens is 1. The highest BCUT2D eigenvalue weighted by molar-refractivity contribution is 6.35. The molecule has 2 aliphatic heterocycles. The highest BCUT2D eigenvalue weighted by atomic mass is 35.5. The zero-order valence-electron chi connectivity index (χ0n) is 19.1. The quantitative estimate of drug-likeness (QED) is 0.640. The average molecular weight is 473 g/mol. The smallest absolute Gasteiger partial charge is 0.253 e. The first-order valence-corrected chi connectivity index (χ1v) is 12.7. The monoisotopic (exact) mass is 472 g/mol. The maximum Gasteiger partial charge on any atom is 0.253 e. The van der Waals surface area contributed by atoms with Crippen molar-refractivity contribution in [2.45, 2.75) is 63.8 Å². The van der Waals surface area contributed by atoms with Crippen molar-refractivity contribution in [2.75, 3.05) is 32.8 Å². The molecule has 1 aliphatic carbocycles. The number of carbonyl (C=O) groups is 2. The van der Waals surface area contributed by atoms with Crippen molar-refractivity contribution < 1.29 is 14.3 Å². The maximum absolute atomic E-state index is 13.1. The van der Waals surface area contributed by atoms with Crippen LogP contribution in [0.4, 0.5) is 0 Å². The molecule has 0 spiro atoms. The van der Waals surface area contributed by atoms with E-state index in [2.05, 4.69) is 22.0 Å². The third-order valence-corrected chi connectivity index (χ3v) is 7.27. The summed E-state index contributed by atoms with van der Waals surface area (Å²) < 4.78 is 7.87. The summed E-state index contributed by atoms with van der Waals surface area (Å²) in [5.74, 6) is 0.340. The third-order valence-electron chi connectivity index (χ3n) is 6.97. The van der Waals surface area contributed by atoms with E-state index >= 15 is 0 Å². The van der Waals surface area contributed by atoms with E-state index in [1.165, 1.54) is 0 Å². The number of rotatable bonds is 8. The molecule has 3 heterocycles. The number of hydrogen-bond donors (Lipinski definition) is 1. The standard InChI is InChI=1S/C25H33ClN4O3/c26-21-17-29(12-3-4-24(31)28-10-1-2-11-28)22-14-18(5-8-20(21)22)16-30(19-6-7-19)25(32)23-15-27-9-13-33-23/h5,8,14,17,19,23,27H,1-4,6-7,9-13,15-16H2. The maximum atomic E-state index is 13.1. The first-order chi connectivity index (χ1) is 16.1. The van der Waals surface area contributed by atoms with Gasteiger partial charge in [0.05, 0.1) is 11.6 Å². The van der Waals surface area contributed by atoms with Crippen molar-refractivity contribution in [2.24, 2.45) is 0 Å². The van der Waals surface area contributed by atoms with E-state index < -0.39 is 6.10 Å². The minimum absolute atomic E-state index is 0.0821. The molecule has 8 heteroatoms. The van der Waals surface area contributed by atoms with Gasteiger partial charge in [-0.25, -0.2) is 0 Å². The van der Waals surface area contributed by atoms with Crippen LogP contribution in [0.2, 0.25) is 5.02 Å². The average Bonchev–Trinajstić information content (AvgIpc) is 3.43. The summed E-state index contributed by atoms with van der Waals surface area (Å²) in [7, 11) is 0. The minimum Gasteiger partial charge on any atom is -0.366 e. The number of benzene rings is 1. The molecule has 178 valence electrons. The van der Waals surface area contributed by atoms with E-state index in [0.29, 0.717) is 32.2 Å². The van der Waals surface area contributed by atoms with Crippen LogP contribution in [0.5, 0.6) is 0 Å². The molecule has 3 aliphatic rings. The van der Waals surface area contributed by atoms with Gasteiger partial charge in [-0.3, -0.25) is 9.59 Å². The molecule has 0 radical (unpaired) electrons. The van der Waals surface area contributed by atoms with E-state index in [-0.39, 0.29) is 11.8 Å². The third kappa shape index (κ3) is 5.20. The van der Waals surface area contributed by atoms with Crippen molar-refractivity contribution in [3.8, 4) is 0 Å². The number of ether oxygens (including phenoxy) is 1. The largest absolute Gasteiger partial charge is 0.366 e. The molecule has 3 fully saturated rings. The van der Waals surface area contributed by atoms with Crippen molar-refractivity contribution in [1.82, 2.24) is 19.7 Å². The van der Waals surface area contributed by atoms with Crippen LogP contribution < -0.4 is 5.32 Å². The van der Waals surface area contributed by atoms with Gasteiger partial charge in [-0.2, -0.15) is 0 Å². The Kier molecular flexibility index (Phi) is 6.90. The normalized spacial score (nSPS) is 21.0. The second kappa shape index (κ2) is 10.0. The van der Waals surface area contributed by atoms with Gasteiger partial charge in [-0.05, 0) is 43.7 Å². The molecule has 1 aromatic carbocycles. The topological polar surface area (TPSA) is 66.8 Å². The van der Waals surface area contributed by atoms with Gasteiger partial charge in [0.15, 0.2) is 0 Å². The van der Waals surface area contributed by atoms with Crippen molar-refractivity contribution in [1.29, 1.82) is 0 Å². The van der Waals surface area contributed by atoms with E-state index in [0.717, 1.165) is 79.8 Å². The van der Waals surface area contributed by atoms with Crippen LogP contribution in [-0.4, -0.2) is 71.1 Å². The fourth-order valence-corrected chi connectivity index (χ4v) is 5.26.